The van der Waals surface area contributed by atoms with E-state index in [9.17, 15) is 4.79 Å². The lowest BCUT2D eigenvalue weighted by Crippen LogP contribution is -2.47. The van der Waals surface area contributed by atoms with Crippen molar-refractivity contribution >= 4 is 5.91 Å². The second-order valence-corrected chi connectivity index (χ2v) is 6.14. The van der Waals surface area contributed by atoms with Crippen LogP contribution in [0.5, 0.6) is 0 Å². The Kier molecular flexibility index (Phi) is 6.98. The zero-order chi connectivity index (χ0) is 16.7. The summed E-state index contributed by atoms with van der Waals surface area (Å²) in [6.07, 6.45) is 0.112. The molecule has 0 saturated carbocycles. The van der Waals surface area contributed by atoms with Gasteiger partial charge in [-0.3, -0.25) is 14.6 Å². The number of methoxy groups -OCH3 is 1. The van der Waals surface area contributed by atoms with E-state index in [2.05, 4.69) is 29.2 Å². The minimum absolute atomic E-state index is 0.112. The van der Waals surface area contributed by atoms with Crippen LogP contribution < -0.4 is 5.73 Å². The van der Waals surface area contributed by atoms with Gasteiger partial charge in [0.15, 0.2) is 0 Å². The average Bonchev–Trinajstić information content (AvgIpc) is 2.49. The fourth-order valence-electron chi connectivity index (χ4n) is 2.88. The lowest BCUT2D eigenvalue weighted by Gasteiger charge is -2.34. The van der Waals surface area contributed by atoms with E-state index in [1.807, 2.05) is 11.9 Å². The Balaban J connectivity index is 1.82. The number of carbonyl (C=O) groups excluding carboxylic acids is 1. The molecule has 0 aromatic heterocycles. The van der Waals surface area contributed by atoms with E-state index in [1.54, 1.807) is 7.11 Å². The molecule has 0 aliphatic carbocycles. The van der Waals surface area contributed by atoms with Crippen molar-refractivity contribution in [1.29, 1.82) is 0 Å². The number of likely N-dealkylation sites (N-methyl/N-ethyl adjacent to an activating group) is 1. The summed E-state index contributed by atoms with van der Waals surface area (Å²) in [5, 5.41) is 0. The van der Waals surface area contributed by atoms with Gasteiger partial charge < -0.3 is 15.2 Å². The topological polar surface area (TPSA) is 68.0 Å². The summed E-state index contributed by atoms with van der Waals surface area (Å²) in [7, 11) is 3.60. The van der Waals surface area contributed by atoms with Crippen molar-refractivity contribution in [2.75, 3.05) is 46.9 Å². The maximum Gasteiger partial charge on any atom is 0.231 e. The van der Waals surface area contributed by atoms with Gasteiger partial charge in [-0.2, -0.15) is 0 Å². The van der Waals surface area contributed by atoms with Crippen LogP contribution in [0.1, 0.15) is 11.1 Å². The van der Waals surface area contributed by atoms with Crippen LogP contribution >= 0.6 is 0 Å². The fraction of sp³-hybridized carbons (Fsp3) is 0.588. The van der Waals surface area contributed by atoms with Crippen LogP contribution in [0, 0.1) is 0 Å². The smallest absolute Gasteiger partial charge is 0.231 e. The minimum atomic E-state index is -0.309. The highest BCUT2D eigenvalue weighted by Crippen LogP contribution is 2.12. The standard InChI is InChI=1S/C17H27N3O3/c1-19(12-17(18)21)10-16-11-20(7-8-23-16)9-14-3-5-15(6-4-14)13-22-2/h3-6,16H,7-13H2,1-2H3,(H2,18,21)/t16-/m0/s1. The van der Waals surface area contributed by atoms with Gasteiger partial charge in [0, 0.05) is 33.3 Å². The molecule has 1 aliphatic heterocycles. The van der Waals surface area contributed by atoms with Gasteiger partial charge in [-0.15, -0.1) is 0 Å². The van der Waals surface area contributed by atoms with Gasteiger partial charge in [0.2, 0.25) is 5.91 Å². The predicted octanol–water partition coefficient (Wildman–Crippen LogP) is 0.451. The van der Waals surface area contributed by atoms with E-state index < -0.39 is 0 Å². The molecular formula is C17H27N3O3. The molecular weight excluding hydrogens is 294 g/mol. The van der Waals surface area contributed by atoms with Crippen LogP contribution in [0.4, 0.5) is 0 Å². The molecule has 1 fully saturated rings. The molecule has 2 rings (SSSR count). The molecule has 1 amide bonds. The molecule has 1 saturated heterocycles. The lowest BCUT2D eigenvalue weighted by atomic mass is 10.1. The quantitative estimate of drug-likeness (QED) is 0.753. The summed E-state index contributed by atoms with van der Waals surface area (Å²) in [5.41, 5.74) is 7.69. The van der Waals surface area contributed by atoms with Gasteiger partial charge in [0.05, 0.1) is 25.9 Å². The third-order valence-electron chi connectivity index (χ3n) is 3.90. The number of hydrogen-bond acceptors (Lipinski definition) is 5. The predicted molar refractivity (Wildman–Crippen MR) is 88.9 cm³/mol. The number of morpholine rings is 1. The monoisotopic (exact) mass is 321 g/mol. The zero-order valence-electron chi connectivity index (χ0n) is 14.0. The number of carbonyl (C=O) groups is 1. The van der Waals surface area contributed by atoms with Gasteiger partial charge in [0.1, 0.15) is 0 Å². The van der Waals surface area contributed by atoms with Crippen molar-refractivity contribution < 1.29 is 14.3 Å². The summed E-state index contributed by atoms with van der Waals surface area (Å²) < 4.78 is 10.9. The van der Waals surface area contributed by atoms with Crippen LogP contribution in [-0.2, 0) is 27.4 Å². The first-order chi connectivity index (χ1) is 11.1. The molecule has 1 heterocycles. The Labute approximate surface area is 138 Å². The van der Waals surface area contributed by atoms with E-state index in [0.29, 0.717) is 13.2 Å². The van der Waals surface area contributed by atoms with E-state index in [1.165, 1.54) is 11.1 Å². The number of nitrogens with two attached hydrogens (primary N) is 1. The lowest BCUT2D eigenvalue weighted by molar-refractivity contribution is -0.119. The molecule has 128 valence electrons. The SMILES string of the molecule is COCc1ccc(CN2CCO[C@@H](CN(C)CC(N)=O)C2)cc1. The number of ether oxygens (including phenoxy) is 2. The first-order valence-corrected chi connectivity index (χ1v) is 7.94. The van der Waals surface area contributed by atoms with Gasteiger partial charge >= 0.3 is 0 Å². The van der Waals surface area contributed by atoms with Gasteiger partial charge in [-0.25, -0.2) is 0 Å². The Morgan fingerprint density at radius 2 is 2.09 bits per heavy atom. The highest BCUT2D eigenvalue weighted by atomic mass is 16.5. The summed E-state index contributed by atoms with van der Waals surface area (Å²) in [4.78, 5) is 15.3. The largest absolute Gasteiger partial charge is 0.380 e. The zero-order valence-corrected chi connectivity index (χ0v) is 14.0. The maximum absolute atomic E-state index is 11.0. The first kappa shape index (κ1) is 17.9. The van der Waals surface area contributed by atoms with Gasteiger partial charge in [0.25, 0.3) is 0 Å². The van der Waals surface area contributed by atoms with Crippen LogP contribution in [0.2, 0.25) is 0 Å². The Morgan fingerprint density at radius 1 is 1.39 bits per heavy atom. The van der Waals surface area contributed by atoms with E-state index in [4.69, 9.17) is 15.2 Å². The first-order valence-electron chi connectivity index (χ1n) is 7.94. The summed E-state index contributed by atoms with van der Waals surface area (Å²) in [5.74, 6) is -0.309. The average molecular weight is 321 g/mol. The van der Waals surface area contributed by atoms with Crippen LogP contribution in [0.25, 0.3) is 0 Å². The van der Waals surface area contributed by atoms with Crippen molar-refractivity contribution in [1.82, 2.24) is 9.80 Å². The number of hydrogen-bond donors (Lipinski definition) is 1. The Morgan fingerprint density at radius 3 is 2.74 bits per heavy atom. The van der Waals surface area contributed by atoms with Crippen LogP contribution in [0.3, 0.4) is 0 Å². The van der Waals surface area contributed by atoms with E-state index in [0.717, 1.165) is 26.2 Å². The third-order valence-corrected chi connectivity index (χ3v) is 3.90. The van der Waals surface area contributed by atoms with Crippen LogP contribution in [0.15, 0.2) is 24.3 Å². The highest BCUT2D eigenvalue weighted by Gasteiger charge is 2.22. The van der Waals surface area contributed by atoms with Crippen molar-refractivity contribution in [3.05, 3.63) is 35.4 Å². The summed E-state index contributed by atoms with van der Waals surface area (Å²) >= 11 is 0. The molecule has 1 aliphatic rings. The number of primary amides is 1. The maximum atomic E-state index is 11.0. The normalized spacial score (nSPS) is 19.2. The molecule has 1 aromatic rings. The Hall–Kier alpha value is -1.47. The second-order valence-electron chi connectivity index (χ2n) is 6.14. The van der Waals surface area contributed by atoms with Crippen molar-refractivity contribution in [3.63, 3.8) is 0 Å². The Bertz CT molecular complexity index is 492. The minimum Gasteiger partial charge on any atom is -0.380 e. The van der Waals surface area contributed by atoms with Crippen molar-refractivity contribution in [3.8, 4) is 0 Å². The fourth-order valence-corrected chi connectivity index (χ4v) is 2.88. The second kappa shape index (κ2) is 8.98. The molecule has 0 unspecified atom stereocenters. The molecule has 6 nitrogen and oxygen atoms in total. The molecule has 2 N–H and O–H groups in total. The van der Waals surface area contributed by atoms with Crippen molar-refractivity contribution in [2.45, 2.75) is 19.3 Å². The molecule has 0 spiro atoms. The number of amides is 1. The van der Waals surface area contributed by atoms with Gasteiger partial charge in [-0.1, -0.05) is 24.3 Å². The number of nitrogens with zero attached hydrogens (tertiary/aromatic N) is 2. The van der Waals surface area contributed by atoms with Crippen LogP contribution in [-0.4, -0.2) is 68.8 Å². The summed E-state index contributed by atoms with van der Waals surface area (Å²) in [6.45, 7) is 5.04. The number of benzene rings is 1. The van der Waals surface area contributed by atoms with E-state index in [-0.39, 0.29) is 18.6 Å². The molecule has 0 radical (unpaired) electrons. The molecule has 1 aromatic carbocycles. The highest BCUT2D eigenvalue weighted by molar-refractivity contribution is 5.75. The van der Waals surface area contributed by atoms with Gasteiger partial charge in [-0.05, 0) is 18.2 Å². The third kappa shape index (κ3) is 6.27. The van der Waals surface area contributed by atoms with Crippen molar-refractivity contribution in [2.24, 2.45) is 5.73 Å². The van der Waals surface area contributed by atoms with E-state index >= 15 is 0 Å². The number of rotatable bonds is 8. The molecule has 6 heteroatoms. The summed E-state index contributed by atoms with van der Waals surface area (Å²) in [6, 6.07) is 8.52. The molecule has 23 heavy (non-hydrogen) atoms. The molecule has 0 bridgehead atoms. The molecule has 1 atom stereocenters.